The molecule has 2 aromatic heterocycles. The number of hydrogen-bond acceptors (Lipinski definition) is 4. The van der Waals surface area contributed by atoms with Gasteiger partial charge in [0.2, 0.25) is 0 Å². The molecule has 0 bridgehead atoms. The molecule has 2 fully saturated rings. The number of aryl methyl sites for hydroxylation is 1. The maximum absolute atomic E-state index is 15.6. The van der Waals surface area contributed by atoms with Crippen LogP contribution in [-0.2, 0) is 11.3 Å². The number of piperidine rings is 2. The average molecular weight is 459 g/mol. The molecule has 0 N–H and O–H groups in total. The fourth-order valence-electron chi connectivity index (χ4n) is 5.17. The fourth-order valence-corrected chi connectivity index (χ4v) is 5.91. The molecule has 0 aliphatic carbocycles. The number of amides is 1. The van der Waals surface area contributed by atoms with Crippen LogP contribution in [0.15, 0.2) is 35.7 Å². The standard InChI is InChI=1S/C24H28F2N4OS/c1-17-27-21-15-18(25)4-5-22(21)30(17)19-6-10-29(11-7-19)23(31)24(26)8-12-28(13-9-24)16-20-3-2-14-32-20/h2-5,14-15,19H,6-13,16H2,1H3. The topological polar surface area (TPSA) is 41.4 Å². The highest BCUT2D eigenvalue weighted by Crippen LogP contribution is 2.34. The third-order valence-corrected chi connectivity index (χ3v) is 7.80. The highest BCUT2D eigenvalue weighted by atomic mass is 32.1. The Balaban J connectivity index is 1.20. The van der Waals surface area contributed by atoms with Crippen LogP contribution in [-0.4, -0.2) is 57.1 Å². The van der Waals surface area contributed by atoms with Crippen LogP contribution in [0.3, 0.4) is 0 Å². The second kappa shape index (κ2) is 8.56. The molecule has 8 heteroatoms. The maximum Gasteiger partial charge on any atom is 0.260 e. The lowest BCUT2D eigenvalue weighted by molar-refractivity contribution is -0.148. The average Bonchev–Trinajstić information content (AvgIpc) is 3.41. The highest BCUT2D eigenvalue weighted by molar-refractivity contribution is 7.09. The lowest BCUT2D eigenvalue weighted by Crippen LogP contribution is -2.53. The molecule has 170 valence electrons. The van der Waals surface area contributed by atoms with Gasteiger partial charge in [-0.2, -0.15) is 0 Å². The van der Waals surface area contributed by atoms with Gasteiger partial charge in [0.25, 0.3) is 5.91 Å². The van der Waals surface area contributed by atoms with Crippen molar-refractivity contribution in [3.8, 4) is 0 Å². The van der Waals surface area contributed by atoms with Gasteiger partial charge in [0.1, 0.15) is 11.6 Å². The zero-order valence-corrected chi connectivity index (χ0v) is 19.1. The Morgan fingerprint density at radius 3 is 2.62 bits per heavy atom. The summed E-state index contributed by atoms with van der Waals surface area (Å²) < 4.78 is 31.3. The number of nitrogens with zero attached hydrogens (tertiary/aromatic N) is 4. The van der Waals surface area contributed by atoms with Gasteiger partial charge in [-0.05, 0) is 43.3 Å². The molecule has 4 heterocycles. The van der Waals surface area contributed by atoms with E-state index in [9.17, 15) is 9.18 Å². The van der Waals surface area contributed by atoms with Crippen LogP contribution in [0.25, 0.3) is 11.0 Å². The van der Waals surface area contributed by atoms with Crippen molar-refractivity contribution < 1.29 is 13.6 Å². The number of aromatic nitrogens is 2. The zero-order valence-electron chi connectivity index (χ0n) is 18.3. The SMILES string of the molecule is Cc1nc2cc(F)ccc2n1C1CCN(C(=O)C2(F)CCN(Cc3cccs3)CC2)CC1. The van der Waals surface area contributed by atoms with Gasteiger partial charge in [-0.3, -0.25) is 9.69 Å². The van der Waals surface area contributed by atoms with E-state index in [1.165, 1.54) is 17.0 Å². The van der Waals surface area contributed by atoms with Crippen LogP contribution < -0.4 is 0 Å². The van der Waals surface area contributed by atoms with Gasteiger partial charge < -0.3 is 9.47 Å². The summed E-state index contributed by atoms with van der Waals surface area (Å²) in [6.45, 7) is 5.04. The quantitative estimate of drug-likeness (QED) is 0.569. The largest absolute Gasteiger partial charge is 0.340 e. The van der Waals surface area contributed by atoms with Crippen molar-refractivity contribution in [1.82, 2.24) is 19.4 Å². The van der Waals surface area contributed by atoms with E-state index in [-0.39, 0.29) is 30.6 Å². The number of likely N-dealkylation sites (tertiary alicyclic amines) is 2. The number of carbonyl (C=O) groups excluding carboxylic acids is 1. The number of imidazole rings is 1. The Morgan fingerprint density at radius 1 is 1.19 bits per heavy atom. The van der Waals surface area contributed by atoms with E-state index in [0.717, 1.165) is 30.7 Å². The van der Waals surface area contributed by atoms with Gasteiger partial charge in [-0.1, -0.05) is 6.07 Å². The minimum Gasteiger partial charge on any atom is -0.340 e. The van der Waals surface area contributed by atoms with Crippen molar-refractivity contribution in [3.63, 3.8) is 0 Å². The first kappa shape index (κ1) is 21.5. The fraction of sp³-hybridized carbons (Fsp3) is 0.500. The summed E-state index contributed by atoms with van der Waals surface area (Å²) in [5.41, 5.74) is -0.194. The zero-order chi connectivity index (χ0) is 22.3. The molecule has 0 spiro atoms. The molecule has 2 saturated heterocycles. The molecule has 2 aliphatic heterocycles. The van der Waals surface area contributed by atoms with Crippen molar-refractivity contribution in [3.05, 3.63) is 52.2 Å². The summed E-state index contributed by atoms with van der Waals surface area (Å²) in [5, 5.41) is 2.05. The smallest absolute Gasteiger partial charge is 0.260 e. The lowest BCUT2D eigenvalue weighted by Gasteiger charge is -2.40. The summed E-state index contributed by atoms with van der Waals surface area (Å²) in [4.78, 5) is 22.8. The van der Waals surface area contributed by atoms with E-state index in [2.05, 4.69) is 25.9 Å². The molecular formula is C24H28F2N4OS. The minimum absolute atomic E-state index is 0.178. The van der Waals surface area contributed by atoms with E-state index in [0.29, 0.717) is 31.7 Å². The first-order chi connectivity index (χ1) is 15.4. The van der Waals surface area contributed by atoms with Gasteiger partial charge in [-0.15, -0.1) is 11.3 Å². The molecule has 1 aromatic carbocycles. The van der Waals surface area contributed by atoms with E-state index < -0.39 is 5.67 Å². The van der Waals surface area contributed by atoms with E-state index >= 15 is 4.39 Å². The number of rotatable bonds is 4. The number of hydrogen-bond donors (Lipinski definition) is 0. The Hall–Kier alpha value is -2.32. The highest BCUT2D eigenvalue weighted by Gasteiger charge is 2.44. The summed E-state index contributed by atoms with van der Waals surface area (Å²) in [6, 6.07) is 8.98. The number of halogens is 2. The minimum atomic E-state index is -1.76. The van der Waals surface area contributed by atoms with Crippen LogP contribution in [0.2, 0.25) is 0 Å². The monoisotopic (exact) mass is 458 g/mol. The van der Waals surface area contributed by atoms with Crippen molar-refractivity contribution >= 4 is 28.3 Å². The lowest BCUT2D eigenvalue weighted by atomic mass is 9.90. The van der Waals surface area contributed by atoms with Gasteiger partial charge in [-0.25, -0.2) is 13.8 Å². The number of fused-ring (bicyclic) bond motifs is 1. The van der Waals surface area contributed by atoms with Gasteiger partial charge in [0.15, 0.2) is 5.67 Å². The van der Waals surface area contributed by atoms with Gasteiger partial charge in [0.05, 0.1) is 11.0 Å². The predicted octanol–water partition coefficient (Wildman–Crippen LogP) is 4.71. The molecule has 1 amide bonds. The molecular weight excluding hydrogens is 430 g/mol. The Bertz CT molecular complexity index is 1100. The summed E-state index contributed by atoms with van der Waals surface area (Å²) in [7, 11) is 0. The van der Waals surface area contributed by atoms with Crippen LogP contribution in [0, 0.1) is 12.7 Å². The summed E-state index contributed by atoms with van der Waals surface area (Å²) >= 11 is 1.71. The third-order valence-electron chi connectivity index (χ3n) is 6.94. The molecule has 2 aliphatic rings. The normalized spacial score (nSPS) is 20.2. The van der Waals surface area contributed by atoms with Crippen molar-refractivity contribution in [2.45, 2.75) is 50.9 Å². The number of carbonyl (C=O) groups is 1. The van der Waals surface area contributed by atoms with Crippen molar-refractivity contribution in [2.24, 2.45) is 0 Å². The molecule has 0 saturated carbocycles. The van der Waals surface area contributed by atoms with Gasteiger partial charge >= 0.3 is 0 Å². The van der Waals surface area contributed by atoms with E-state index in [1.54, 1.807) is 22.3 Å². The third kappa shape index (κ3) is 4.06. The molecule has 32 heavy (non-hydrogen) atoms. The summed E-state index contributed by atoms with van der Waals surface area (Å²) in [6.07, 6.45) is 2.01. The van der Waals surface area contributed by atoms with E-state index in [1.807, 2.05) is 13.0 Å². The summed E-state index contributed by atoms with van der Waals surface area (Å²) in [5.74, 6) is 0.203. The van der Waals surface area contributed by atoms with Crippen molar-refractivity contribution in [2.75, 3.05) is 26.2 Å². The predicted molar refractivity (Wildman–Crippen MR) is 122 cm³/mol. The van der Waals surface area contributed by atoms with E-state index in [4.69, 9.17) is 0 Å². The Labute approximate surface area is 190 Å². The molecule has 5 rings (SSSR count). The first-order valence-electron chi connectivity index (χ1n) is 11.3. The molecule has 5 nitrogen and oxygen atoms in total. The molecule has 0 atom stereocenters. The molecule has 3 aromatic rings. The van der Waals surface area contributed by atoms with Crippen LogP contribution in [0.5, 0.6) is 0 Å². The Morgan fingerprint density at radius 2 is 1.94 bits per heavy atom. The van der Waals surface area contributed by atoms with Crippen LogP contribution in [0.1, 0.15) is 42.4 Å². The number of thiophene rings is 1. The van der Waals surface area contributed by atoms with Crippen LogP contribution in [0.4, 0.5) is 8.78 Å². The van der Waals surface area contributed by atoms with Crippen molar-refractivity contribution in [1.29, 1.82) is 0 Å². The number of alkyl halides is 1. The molecule has 0 radical (unpaired) electrons. The second-order valence-electron chi connectivity index (χ2n) is 9.01. The Kier molecular flexibility index (Phi) is 5.75. The second-order valence-corrected chi connectivity index (χ2v) is 10.0. The van der Waals surface area contributed by atoms with Gasteiger partial charge in [0, 0.05) is 62.6 Å². The maximum atomic E-state index is 15.6. The first-order valence-corrected chi connectivity index (χ1v) is 12.2. The number of benzene rings is 1. The van der Waals surface area contributed by atoms with Crippen LogP contribution >= 0.6 is 11.3 Å². The molecule has 0 unspecified atom stereocenters.